The van der Waals surface area contributed by atoms with Gasteiger partial charge in [-0.15, -0.1) is 0 Å². The average molecular weight is 317 g/mol. The quantitative estimate of drug-likeness (QED) is 0.821. The molecule has 2 fully saturated rings. The van der Waals surface area contributed by atoms with Crippen LogP contribution in [0, 0.1) is 5.92 Å². The van der Waals surface area contributed by atoms with Gasteiger partial charge in [0.2, 0.25) is 5.91 Å². The highest BCUT2D eigenvalue weighted by atomic mass is 32.2. The van der Waals surface area contributed by atoms with Gasteiger partial charge in [-0.3, -0.25) is 4.79 Å². The zero-order chi connectivity index (χ0) is 15.5. The molecule has 0 aromatic carbocycles. The van der Waals surface area contributed by atoms with Gasteiger partial charge in [-0.25, -0.2) is 0 Å². The molecule has 0 bridgehead atoms. The minimum absolute atomic E-state index is 0.00864. The fourth-order valence-corrected chi connectivity index (χ4v) is 4.69. The summed E-state index contributed by atoms with van der Waals surface area (Å²) < 4.78 is 28.2. The Morgan fingerprint density at radius 1 is 1.19 bits per heavy atom. The molecule has 2 heterocycles. The first-order chi connectivity index (χ1) is 9.95. The van der Waals surface area contributed by atoms with Crippen molar-refractivity contribution in [1.82, 2.24) is 13.9 Å². The maximum Gasteiger partial charge on any atom is 0.281 e. The molecule has 0 radical (unpaired) electrons. The van der Waals surface area contributed by atoms with Gasteiger partial charge in [-0.2, -0.15) is 17.0 Å². The monoisotopic (exact) mass is 317 g/mol. The standard InChI is InChI=1S/C14H27N3O3S/c1-3-12(2)15-14(18)13-7-6-10-17(11-13)21(19,20)16-8-4-5-9-16/h12-13H,3-11H2,1-2H3,(H,15,18). The maximum absolute atomic E-state index is 12.6. The number of carbonyl (C=O) groups excluding carboxylic acids is 1. The minimum atomic E-state index is -3.38. The average Bonchev–Trinajstić information content (AvgIpc) is 3.02. The van der Waals surface area contributed by atoms with Gasteiger partial charge in [0.1, 0.15) is 0 Å². The van der Waals surface area contributed by atoms with Crippen LogP contribution in [0.2, 0.25) is 0 Å². The number of hydrogen-bond donors (Lipinski definition) is 1. The maximum atomic E-state index is 12.6. The van der Waals surface area contributed by atoms with Gasteiger partial charge in [0, 0.05) is 32.2 Å². The zero-order valence-electron chi connectivity index (χ0n) is 13.0. The van der Waals surface area contributed by atoms with E-state index in [0.29, 0.717) is 26.2 Å². The Bertz CT molecular complexity index is 460. The molecule has 0 spiro atoms. The number of piperidine rings is 1. The van der Waals surface area contributed by atoms with Crippen LogP contribution in [-0.2, 0) is 15.0 Å². The first kappa shape index (κ1) is 16.7. The van der Waals surface area contributed by atoms with Crippen molar-refractivity contribution in [1.29, 1.82) is 0 Å². The summed E-state index contributed by atoms with van der Waals surface area (Å²) >= 11 is 0. The van der Waals surface area contributed by atoms with Crippen molar-refractivity contribution in [2.75, 3.05) is 26.2 Å². The lowest BCUT2D eigenvalue weighted by atomic mass is 9.98. The van der Waals surface area contributed by atoms with Gasteiger partial charge >= 0.3 is 0 Å². The van der Waals surface area contributed by atoms with E-state index in [4.69, 9.17) is 0 Å². The molecule has 1 amide bonds. The Morgan fingerprint density at radius 3 is 2.43 bits per heavy atom. The van der Waals surface area contributed by atoms with E-state index in [-0.39, 0.29) is 17.9 Å². The summed E-state index contributed by atoms with van der Waals surface area (Å²) in [6.07, 6.45) is 4.28. The van der Waals surface area contributed by atoms with Crippen molar-refractivity contribution in [3.05, 3.63) is 0 Å². The molecule has 6 nitrogen and oxygen atoms in total. The van der Waals surface area contributed by atoms with Gasteiger partial charge in [0.05, 0.1) is 5.92 Å². The summed E-state index contributed by atoms with van der Waals surface area (Å²) in [6.45, 7) is 6.08. The molecule has 122 valence electrons. The van der Waals surface area contributed by atoms with Crippen molar-refractivity contribution in [2.45, 2.75) is 52.0 Å². The molecule has 2 unspecified atom stereocenters. The highest BCUT2D eigenvalue weighted by Crippen LogP contribution is 2.23. The summed E-state index contributed by atoms with van der Waals surface area (Å²) in [5.74, 6) is -0.226. The molecule has 1 N–H and O–H groups in total. The third-order valence-corrected chi connectivity index (χ3v) is 6.48. The van der Waals surface area contributed by atoms with Crippen LogP contribution in [0.1, 0.15) is 46.0 Å². The third kappa shape index (κ3) is 3.96. The summed E-state index contributed by atoms with van der Waals surface area (Å²) in [5, 5.41) is 2.97. The van der Waals surface area contributed by atoms with Crippen molar-refractivity contribution >= 4 is 16.1 Å². The lowest BCUT2D eigenvalue weighted by molar-refractivity contribution is -0.126. The Morgan fingerprint density at radius 2 is 1.81 bits per heavy atom. The van der Waals surface area contributed by atoms with Crippen LogP contribution in [0.25, 0.3) is 0 Å². The second-order valence-corrected chi connectivity index (χ2v) is 8.06. The van der Waals surface area contributed by atoms with Crippen molar-refractivity contribution < 1.29 is 13.2 Å². The number of nitrogens with zero attached hydrogens (tertiary/aromatic N) is 2. The first-order valence-electron chi connectivity index (χ1n) is 8.00. The Kier molecular flexibility index (Phi) is 5.62. The van der Waals surface area contributed by atoms with E-state index >= 15 is 0 Å². The molecule has 0 aromatic heterocycles. The summed E-state index contributed by atoms with van der Waals surface area (Å²) in [4.78, 5) is 12.2. The molecule has 7 heteroatoms. The van der Waals surface area contributed by atoms with E-state index in [1.165, 1.54) is 4.31 Å². The predicted octanol–water partition coefficient (Wildman–Crippen LogP) is 0.954. The number of hydrogen-bond acceptors (Lipinski definition) is 3. The van der Waals surface area contributed by atoms with Crippen molar-refractivity contribution in [3.8, 4) is 0 Å². The van der Waals surface area contributed by atoms with Gasteiger partial charge in [-0.05, 0) is 39.0 Å². The van der Waals surface area contributed by atoms with Crippen molar-refractivity contribution in [2.24, 2.45) is 5.92 Å². The Hall–Kier alpha value is -0.660. The van der Waals surface area contributed by atoms with Crippen molar-refractivity contribution in [3.63, 3.8) is 0 Å². The number of nitrogens with one attached hydrogen (secondary N) is 1. The lowest BCUT2D eigenvalue weighted by Gasteiger charge is -2.34. The molecule has 2 aliphatic rings. The highest BCUT2D eigenvalue weighted by Gasteiger charge is 2.36. The van der Waals surface area contributed by atoms with E-state index in [9.17, 15) is 13.2 Å². The minimum Gasteiger partial charge on any atom is -0.353 e. The molecule has 0 aliphatic carbocycles. The SMILES string of the molecule is CCC(C)NC(=O)C1CCCN(S(=O)(=O)N2CCCC2)C1. The van der Waals surface area contributed by atoms with E-state index in [0.717, 1.165) is 32.1 Å². The summed E-state index contributed by atoms with van der Waals surface area (Å²) in [5.41, 5.74) is 0. The molecular weight excluding hydrogens is 290 g/mol. The van der Waals surface area contributed by atoms with Gasteiger partial charge in [0.15, 0.2) is 0 Å². The van der Waals surface area contributed by atoms with E-state index < -0.39 is 10.2 Å². The predicted molar refractivity (Wildman–Crippen MR) is 81.9 cm³/mol. The van der Waals surface area contributed by atoms with Gasteiger partial charge in [0.25, 0.3) is 10.2 Å². The zero-order valence-corrected chi connectivity index (χ0v) is 13.9. The van der Waals surface area contributed by atoms with Crippen LogP contribution < -0.4 is 5.32 Å². The molecule has 2 saturated heterocycles. The molecule has 2 aliphatic heterocycles. The lowest BCUT2D eigenvalue weighted by Crippen LogP contribution is -2.50. The normalized spacial score (nSPS) is 26.7. The van der Waals surface area contributed by atoms with Crippen LogP contribution in [0.4, 0.5) is 0 Å². The van der Waals surface area contributed by atoms with Crippen LogP contribution in [0.3, 0.4) is 0 Å². The van der Waals surface area contributed by atoms with Crippen LogP contribution in [-0.4, -0.2) is 55.2 Å². The van der Waals surface area contributed by atoms with E-state index in [2.05, 4.69) is 5.32 Å². The first-order valence-corrected chi connectivity index (χ1v) is 9.40. The smallest absolute Gasteiger partial charge is 0.281 e. The second kappa shape index (κ2) is 7.07. The van der Waals surface area contributed by atoms with Gasteiger partial charge in [-0.1, -0.05) is 6.92 Å². The molecule has 2 rings (SSSR count). The fraction of sp³-hybridized carbons (Fsp3) is 0.929. The molecule has 0 saturated carbocycles. The summed E-state index contributed by atoms with van der Waals surface area (Å²) in [7, 11) is -3.38. The van der Waals surface area contributed by atoms with Crippen LogP contribution >= 0.6 is 0 Å². The Balaban J connectivity index is 1.98. The largest absolute Gasteiger partial charge is 0.353 e. The molecule has 0 aromatic rings. The number of rotatable bonds is 5. The highest BCUT2D eigenvalue weighted by molar-refractivity contribution is 7.86. The second-order valence-electron chi connectivity index (χ2n) is 6.13. The van der Waals surface area contributed by atoms with Gasteiger partial charge < -0.3 is 5.32 Å². The fourth-order valence-electron chi connectivity index (χ4n) is 2.91. The van der Waals surface area contributed by atoms with E-state index in [1.54, 1.807) is 4.31 Å². The Labute approximate surface area is 128 Å². The third-order valence-electron chi connectivity index (χ3n) is 4.47. The molecule has 2 atom stereocenters. The van der Waals surface area contributed by atoms with Crippen LogP contribution in [0.15, 0.2) is 0 Å². The topological polar surface area (TPSA) is 69.7 Å². The molecular formula is C14H27N3O3S. The molecule has 21 heavy (non-hydrogen) atoms. The van der Waals surface area contributed by atoms with Crippen LogP contribution in [0.5, 0.6) is 0 Å². The number of carbonyl (C=O) groups is 1. The van der Waals surface area contributed by atoms with E-state index in [1.807, 2.05) is 13.8 Å². The summed E-state index contributed by atoms with van der Waals surface area (Å²) in [6, 6.07) is 0.142. The number of amides is 1.